The molecule has 2 bridgehead atoms. The number of carbonyl (C=O) groups is 5. The minimum atomic E-state index is -1.47. The number of hydrogen-bond acceptors (Lipinski definition) is 11. The quantitative estimate of drug-likeness (QED) is 0.0194. The lowest BCUT2D eigenvalue weighted by Crippen LogP contribution is -2.73. The summed E-state index contributed by atoms with van der Waals surface area (Å²) in [7, 11) is 0. The van der Waals surface area contributed by atoms with Gasteiger partial charge in [0.2, 0.25) is 0 Å². The summed E-state index contributed by atoms with van der Waals surface area (Å²) in [4.78, 5) is 77.0. The van der Waals surface area contributed by atoms with Gasteiger partial charge in [-0.15, -0.1) is 0 Å². The lowest BCUT2D eigenvalue weighted by atomic mass is 9.31. The molecule has 7 rings (SSSR count). The number of rotatable bonds is 21. The lowest BCUT2D eigenvalue weighted by Gasteiger charge is -2.72. The molecular weight excluding hydrogens is 744 g/mol. The van der Waals surface area contributed by atoms with E-state index in [1.807, 2.05) is 13.0 Å². The van der Waals surface area contributed by atoms with E-state index < -0.39 is 70.8 Å². The molecule has 1 spiro atoms. The highest BCUT2D eigenvalue weighted by atomic mass is 17.2. The molecule has 2 saturated heterocycles. The van der Waals surface area contributed by atoms with Crippen molar-refractivity contribution in [3.05, 3.63) is 12.2 Å². The maximum Gasteiger partial charge on any atom is 0.318 e. The number of carboxylic acids is 1. The van der Waals surface area contributed by atoms with Crippen molar-refractivity contribution >= 4 is 29.8 Å². The number of ether oxygens (including phenoxy) is 2. The molecule has 0 aromatic heterocycles. The van der Waals surface area contributed by atoms with Crippen LogP contribution in [0.5, 0.6) is 0 Å². The molecule has 0 aromatic rings. The average Bonchev–Trinajstić information content (AvgIpc) is 3.67. The second-order valence-electron chi connectivity index (χ2n) is 19.8. The zero-order valence-electron chi connectivity index (χ0n) is 35.5. The molecule has 13 atom stereocenters. The number of unbranched alkanes of at least 4 members (excludes halogenated alkanes) is 6. The second kappa shape index (κ2) is 18.5. The maximum atomic E-state index is 14.0. The molecule has 0 amide bonds. The summed E-state index contributed by atoms with van der Waals surface area (Å²) in [6.45, 7) is 10.7. The van der Waals surface area contributed by atoms with Crippen molar-refractivity contribution < 1.29 is 58.5 Å². The largest absolute Gasteiger partial charge is 0.481 e. The van der Waals surface area contributed by atoms with Gasteiger partial charge in [0, 0.05) is 17.3 Å². The Hall–Kier alpha value is -2.67. The van der Waals surface area contributed by atoms with E-state index in [9.17, 15) is 34.2 Å². The summed E-state index contributed by atoms with van der Waals surface area (Å²) in [5, 5.41) is 30.6. The number of cyclic esters (lactones) is 4. The Morgan fingerprint density at radius 1 is 0.897 bits per heavy atom. The molecule has 5 aliphatic carbocycles. The first-order chi connectivity index (χ1) is 27.6. The standard InChI is InChI=1S/C46H70O12/c1-6-7-12-16-28(30-26-35(49)55-40(30)50)19-20-29(17-13-10-8-9-11-14-18-34(47)48)57-58-39-36(27(2)3)31-25-33-44(4)22-15-23-45(5,43(53)54)32(44)21-24-46(33,39)38-37(31)41(51)56-42(38)52/h12,16,27-33,36-39,43,53-54H,6-11,13-15,17-26H2,1-5H3,(H,47,48)/b16-12+. The van der Waals surface area contributed by atoms with Crippen molar-refractivity contribution in [3.8, 4) is 0 Å². The number of allylic oxidation sites excluding steroid dienone is 2. The molecule has 0 radical (unpaired) electrons. The Morgan fingerprint density at radius 3 is 2.28 bits per heavy atom. The van der Waals surface area contributed by atoms with Crippen LogP contribution in [0.25, 0.3) is 0 Å². The number of carbonyl (C=O) groups excluding carboxylic acids is 4. The van der Waals surface area contributed by atoms with Crippen LogP contribution in [0.2, 0.25) is 0 Å². The molecule has 7 fully saturated rings. The Morgan fingerprint density at radius 2 is 1.62 bits per heavy atom. The summed E-state index contributed by atoms with van der Waals surface area (Å²) >= 11 is 0. The Kier molecular flexibility index (Phi) is 14.3. The van der Waals surface area contributed by atoms with Crippen LogP contribution in [0, 0.1) is 69.5 Å². The molecule has 3 N–H and O–H groups in total. The minimum Gasteiger partial charge on any atom is -0.481 e. The SMILES string of the molecule is CCC/C=C/C(CCC(CCCCCCCCC(=O)O)OOC1C(C(C)C)C2CC3C4(C)CCCC(C)(C(O)O)C4CCC13C1C(=O)OC(=O)C21)C1CC(=O)OC1=O. The zero-order chi connectivity index (χ0) is 42.0. The third-order valence-electron chi connectivity index (χ3n) is 16.2. The van der Waals surface area contributed by atoms with E-state index in [2.05, 4.69) is 33.8 Å². The molecule has 12 nitrogen and oxygen atoms in total. The number of hydrogen-bond donors (Lipinski definition) is 3. The van der Waals surface area contributed by atoms with Gasteiger partial charge in [0.25, 0.3) is 0 Å². The van der Waals surface area contributed by atoms with Crippen molar-refractivity contribution in [1.82, 2.24) is 0 Å². The van der Waals surface area contributed by atoms with Gasteiger partial charge in [-0.3, -0.25) is 24.0 Å². The predicted molar refractivity (Wildman–Crippen MR) is 212 cm³/mol. The van der Waals surface area contributed by atoms with Crippen molar-refractivity contribution in [2.45, 2.75) is 175 Å². The lowest BCUT2D eigenvalue weighted by molar-refractivity contribution is -0.420. The normalized spacial score (nSPS) is 37.9. The van der Waals surface area contributed by atoms with E-state index in [1.54, 1.807) is 0 Å². The smallest absolute Gasteiger partial charge is 0.318 e. The van der Waals surface area contributed by atoms with E-state index in [-0.39, 0.29) is 59.9 Å². The summed E-state index contributed by atoms with van der Waals surface area (Å²) in [6.07, 6.45) is 15.3. The molecule has 12 heteroatoms. The third-order valence-corrected chi connectivity index (χ3v) is 16.2. The van der Waals surface area contributed by atoms with Crippen LogP contribution in [-0.4, -0.2) is 63.7 Å². The van der Waals surface area contributed by atoms with Crippen LogP contribution in [0.1, 0.15) is 157 Å². The predicted octanol–water partition coefficient (Wildman–Crippen LogP) is 7.86. The number of aliphatic hydroxyl groups excluding tert-OH is 1. The van der Waals surface area contributed by atoms with E-state index in [4.69, 9.17) is 24.4 Å². The van der Waals surface area contributed by atoms with Crippen molar-refractivity contribution in [1.29, 1.82) is 0 Å². The molecule has 5 saturated carbocycles. The van der Waals surface area contributed by atoms with Gasteiger partial charge >= 0.3 is 29.8 Å². The summed E-state index contributed by atoms with van der Waals surface area (Å²) in [6, 6.07) is 0. The van der Waals surface area contributed by atoms with Crippen molar-refractivity contribution in [3.63, 3.8) is 0 Å². The Bertz CT molecular complexity index is 1540. The number of carboxylic acid groups (broad SMARTS) is 1. The van der Waals surface area contributed by atoms with E-state index in [0.29, 0.717) is 44.9 Å². The van der Waals surface area contributed by atoms with Gasteiger partial charge in [0.05, 0.1) is 30.3 Å². The molecule has 2 aliphatic heterocycles. The van der Waals surface area contributed by atoms with Crippen LogP contribution in [-0.2, 0) is 43.2 Å². The first-order valence-corrected chi connectivity index (χ1v) is 22.7. The van der Waals surface area contributed by atoms with Gasteiger partial charge in [-0.1, -0.05) is 91.7 Å². The van der Waals surface area contributed by atoms with Crippen LogP contribution < -0.4 is 0 Å². The minimum absolute atomic E-state index is 0.0121. The topological polar surface area (TPSA) is 183 Å². The maximum absolute atomic E-state index is 14.0. The van der Waals surface area contributed by atoms with Crippen LogP contribution in [0.3, 0.4) is 0 Å². The third kappa shape index (κ3) is 8.47. The second-order valence-corrected chi connectivity index (χ2v) is 19.8. The van der Waals surface area contributed by atoms with E-state index >= 15 is 0 Å². The molecule has 13 unspecified atom stereocenters. The van der Waals surface area contributed by atoms with Crippen LogP contribution in [0.15, 0.2) is 12.2 Å². The van der Waals surface area contributed by atoms with Gasteiger partial charge in [-0.05, 0) is 105 Å². The number of aliphatic hydroxyl groups is 2. The van der Waals surface area contributed by atoms with Crippen LogP contribution in [0.4, 0.5) is 0 Å². The van der Waals surface area contributed by atoms with Crippen molar-refractivity contribution in [2.24, 2.45) is 69.5 Å². The fraction of sp³-hybridized carbons (Fsp3) is 0.848. The summed E-state index contributed by atoms with van der Waals surface area (Å²) in [5.41, 5.74) is -1.77. The molecule has 7 aliphatic rings. The molecule has 58 heavy (non-hydrogen) atoms. The Labute approximate surface area is 344 Å². The van der Waals surface area contributed by atoms with Gasteiger partial charge in [-0.25, -0.2) is 9.78 Å². The highest BCUT2D eigenvalue weighted by Gasteiger charge is 2.78. The van der Waals surface area contributed by atoms with Crippen molar-refractivity contribution in [2.75, 3.05) is 0 Å². The molecular formula is C46H70O12. The average molecular weight is 815 g/mol. The highest BCUT2D eigenvalue weighted by Crippen LogP contribution is 2.76. The highest BCUT2D eigenvalue weighted by molar-refractivity contribution is 5.98. The van der Waals surface area contributed by atoms with E-state index in [0.717, 1.165) is 64.2 Å². The molecule has 326 valence electrons. The summed E-state index contributed by atoms with van der Waals surface area (Å²) < 4.78 is 10.5. The molecule has 2 heterocycles. The van der Waals surface area contributed by atoms with Crippen LogP contribution >= 0.6 is 0 Å². The van der Waals surface area contributed by atoms with Gasteiger partial charge in [-0.2, -0.15) is 0 Å². The number of fused-ring (bicyclic) bond motifs is 2. The van der Waals surface area contributed by atoms with Gasteiger partial charge < -0.3 is 24.8 Å². The first-order valence-electron chi connectivity index (χ1n) is 22.7. The van der Waals surface area contributed by atoms with Gasteiger partial charge in [0.15, 0.2) is 6.29 Å². The Balaban J connectivity index is 1.28. The number of aliphatic carboxylic acids is 1. The van der Waals surface area contributed by atoms with E-state index in [1.165, 1.54) is 0 Å². The van der Waals surface area contributed by atoms with Gasteiger partial charge in [0.1, 0.15) is 6.10 Å². The first kappa shape index (κ1) is 44.9. The fourth-order valence-corrected chi connectivity index (χ4v) is 13.6. The summed E-state index contributed by atoms with van der Waals surface area (Å²) in [5.74, 6) is -4.75. The molecule has 0 aromatic carbocycles. The fourth-order valence-electron chi connectivity index (χ4n) is 13.6. The zero-order valence-corrected chi connectivity index (χ0v) is 35.5. The monoisotopic (exact) mass is 814 g/mol. The number of esters is 4.